The molecule has 1 aliphatic rings. The fraction of sp³-hybridized carbons (Fsp3) is 0.357. The van der Waals surface area contributed by atoms with E-state index < -0.39 is 69.6 Å². The normalized spacial score (nSPS) is 23.0. The van der Waals surface area contributed by atoms with Gasteiger partial charge >= 0.3 is 21.5 Å². The Labute approximate surface area is 241 Å². The maximum Gasteiger partial charge on any atom is 0.419 e. The molecule has 0 radical (unpaired) electrons. The summed E-state index contributed by atoms with van der Waals surface area (Å²) in [4.78, 5) is 2.56. The van der Waals surface area contributed by atoms with Gasteiger partial charge in [-0.1, -0.05) is 18.2 Å². The number of hydrogen-bond acceptors (Lipinski definition) is 5. The van der Waals surface area contributed by atoms with Gasteiger partial charge in [0.05, 0.1) is 24.1 Å². The van der Waals surface area contributed by atoms with Gasteiger partial charge in [0, 0.05) is 12.0 Å². The Hall–Kier alpha value is -2.78. The zero-order valence-corrected chi connectivity index (χ0v) is 23.9. The third-order valence-corrected chi connectivity index (χ3v) is 9.82. The summed E-state index contributed by atoms with van der Waals surface area (Å²) in [5.74, 6) is -1.39. The second-order valence-corrected chi connectivity index (χ2v) is 13.3. The van der Waals surface area contributed by atoms with E-state index in [2.05, 4.69) is 0 Å². The van der Waals surface area contributed by atoms with Crippen molar-refractivity contribution in [2.45, 2.75) is 63.9 Å². The maximum atomic E-state index is 13.7. The molecule has 6 nitrogen and oxygen atoms in total. The Balaban J connectivity index is 1.52. The lowest BCUT2D eigenvalue weighted by Crippen LogP contribution is -2.45. The molecule has 1 N–H and O–H groups in total. The second-order valence-electron chi connectivity index (χ2n) is 9.82. The third-order valence-electron chi connectivity index (χ3n) is 6.64. The Kier molecular flexibility index (Phi) is 8.97. The van der Waals surface area contributed by atoms with Gasteiger partial charge < -0.3 is 14.2 Å². The average molecular weight is 638 g/mol. The van der Waals surface area contributed by atoms with Crippen LogP contribution in [0.3, 0.4) is 0 Å². The lowest BCUT2D eigenvalue weighted by molar-refractivity contribution is -0.283. The molecule has 14 heteroatoms. The van der Waals surface area contributed by atoms with Crippen LogP contribution >= 0.6 is 0 Å². The van der Waals surface area contributed by atoms with Crippen LogP contribution in [0.15, 0.2) is 93.5 Å². The number of halogens is 6. The number of rotatable bonds is 10. The van der Waals surface area contributed by atoms with Crippen LogP contribution < -0.4 is 4.74 Å². The lowest BCUT2D eigenvalue weighted by atomic mass is 10.1. The van der Waals surface area contributed by atoms with Crippen LogP contribution in [0, 0.1) is 0 Å². The van der Waals surface area contributed by atoms with E-state index in [1.165, 1.54) is 6.92 Å². The van der Waals surface area contributed by atoms with Crippen molar-refractivity contribution in [2.75, 3.05) is 13.2 Å². The highest BCUT2D eigenvalue weighted by molar-refractivity contribution is 7.97. The molecule has 1 saturated heterocycles. The van der Waals surface area contributed by atoms with E-state index in [1.807, 2.05) is 30.3 Å². The summed E-state index contributed by atoms with van der Waals surface area (Å²) in [6.07, 6.45) is -8.76. The molecule has 42 heavy (non-hydrogen) atoms. The molecule has 228 valence electrons. The van der Waals surface area contributed by atoms with Gasteiger partial charge in [-0.2, -0.15) is 30.4 Å². The minimum Gasteiger partial charge on any atom is -0.493 e. The van der Waals surface area contributed by atoms with Crippen molar-refractivity contribution < 1.29 is 53.5 Å². The molecule has 0 spiro atoms. The van der Waals surface area contributed by atoms with Crippen LogP contribution in [-0.2, 0) is 36.3 Å². The van der Waals surface area contributed by atoms with Gasteiger partial charge in [-0.3, -0.25) is 4.55 Å². The highest BCUT2D eigenvalue weighted by atomic mass is 32.2. The monoisotopic (exact) mass is 637 g/mol. The van der Waals surface area contributed by atoms with Gasteiger partial charge in [0.15, 0.2) is 32.2 Å². The van der Waals surface area contributed by atoms with Crippen LogP contribution in [0.5, 0.6) is 5.75 Å². The van der Waals surface area contributed by atoms with Crippen molar-refractivity contribution >= 4 is 21.0 Å². The van der Waals surface area contributed by atoms with E-state index in [0.29, 0.717) is 5.56 Å². The molecule has 3 aromatic carbocycles. The van der Waals surface area contributed by atoms with Gasteiger partial charge in [-0.15, -0.1) is 0 Å². The van der Waals surface area contributed by atoms with Crippen LogP contribution in [0.2, 0.25) is 0 Å². The molecular weight excluding hydrogens is 610 g/mol. The van der Waals surface area contributed by atoms with Crippen LogP contribution in [0.4, 0.5) is 26.3 Å². The van der Waals surface area contributed by atoms with E-state index in [9.17, 15) is 34.8 Å². The fourth-order valence-corrected chi connectivity index (χ4v) is 6.69. The Bertz CT molecular complexity index is 1470. The first-order chi connectivity index (χ1) is 19.5. The average Bonchev–Trinajstić information content (AvgIpc) is 3.27. The van der Waals surface area contributed by atoms with Gasteiger partial charge in [0.1, 0.15) is 5.75 Å². The standard InChI is InChI=1S/C28H26F6O6S2/c1-25(28(32,33)34)18-39-26(2,40-25)19-8-12-22(13-9-19)41(21-6-4-3-5-7-21)23-14-10-20(11-15-23)38-17-16-24(29)27(30,31)42(35,36)37/h3-15,24H,16-18H2,1-2H3/p+1. The number of benzene rings is 3. The Morgan fingerprint density at radius 2 is 1.43 bits per heavy atom. The predicted molar refractivity (Wildman–Crippen MR) is 142 cm³/mol. The van der Waals surface area contributed by atoms with E-state index in [1.54, 1.807) is 48.5 Å². The zero-order valence-electron chi connectivity index (χ0n) is 22.3. The third kappa shape index (κ3) is 6.57. The smallest absolute Gasteiger partial charge is 0.419 e. The highest BCUT2D eigenvalue weighted by Gasteiger charge is 2.61. The first-order valence-corrected chi connectivity index (χ1v) is 15.2. The van der Waals surface area contributed by atoms with Crippen molar-refractivity contribution in [3.63, 3.8) is 0 Å². The van der Waals surface area contributed by atoms with Crippen molar-refractivity contribution in [3.8, 4) is 5.75 Å². The molecule has 0 bridgehead atoms. The summed E-state index contributed by atoms with van der Waals surface area (Å²) in [5.41, 5.74) is -2.04. The summed E-state index contributed by atoms with van der Waals surface area (Å²) >= 11 is 0. The summed E-state index contributed by atoms with van der Waals surface area (Å²) in [7, 11) is -6.59. The summed E-state index contributed by atoms with van der Waals surface area (Å²) < 4.78 is 127. The van der Waals surface area contributed by atoms with E-state index >= 15 is 0 Å². The molecule has 3 aromatic rings. The molecule has 4 rings (SSSR count). The van der Waals surface area contributed by atoms with E-state index in [-0.39, 0.29) is 5.75 Å². The minimum atomic E-state index is -5.91. The van der Waals surface area contributed by atoms with Crippen molar-refractivity contribution in [3.05, 3.63) is 84.4 Å². The second kappa shape index (κ2) is 11.7. The lowest BCUT2D eigenvalue weighted by Gasteiger charge is -2.29. The zero-order chi connectivity index (χ0) is 31.0. The molecule has 0 aromatic heterocycles. The van der Waals surface area contributed by atoms with Gasteiger partial charge in [-0.25, -0.2) is 4.39 Å². The van der Waals surface area contributed by atoms with Crippen LogP contribution in [0.1, 0.15) is 25.8 Å². The molecule has 1 fully saturated rings. The highest BCUT2D eigenvalue weighted by Crippen LogP contribution is 2.47. The summed E-state index contributed by atoms with van der Waals surface area (Å²) in [6, 6.07) is 22.8. The maximum absolute atomic E-state index is 13.7. The molecule has 1 aliphatic heterocycles. The SMILES string of the molecule is CC1(c2ccc([S+](c3ccccc3)c3ccc(OCCC(F)C(F)(F)S(=O)(=O)O)cc3)cc2)OCC(C)(C(F)(F)F)O1. The Morgan fingerprint density at radius 3 is 1.93 bits per heavy atom. The minimum absolute atomic E-state index is 0.212. The molecular formula is C28H27F6O6S2+. The first-order valence-electron chi connectivity index (χ1n) is 12.5. The molecule has 0 aliphatic carbocycles. The van der Waals surface area contributed by atoms with Gasteiger partial charge in [0.2, 0.25) is 0 Å². The van der Waals surface area contributed by atoms with Gasteiger partial charge in [-0.05, 0) is 74.5 Å². The van der Waals surface area contributed by atoms with E-state index in [0.717, 1.165) is 21.6 Å². The van der Waals surface area contributed by atoms with Crippen molar-refractivity contribution in [1.82, 2.24) is 0 Å². The summed E-state index contributed by atoms with van der Waals surface area (Å²) in [5, 5.41) is -4.95. The molecule has 0 saturated carbocycles. The Morgan fingerprint density at radius 1 is 0.905 bits per heavy atom. The quantitative estimate of drug-likeness (QED) is 0.148. The van der Waals surface area contributed by atoms with Crippen LogP contribution in [-0.4, -0.2) is 49.4 Å². The fourth-order valence-electron chi connectivity index (χ4n) is 4.19. The summed E-state index contributed by atoms with van der Waals surface area (Å²) in [6.45, 7) is 1.15. The number of ether oxygens (including phenoxy) is 3. The molecule has 4 atom stereocenters. The number of alkyl halides is 6. The number of hydrogen-bond donors (Lipinski definition) is 1. The predicted octanol–water partition coefficient (Wildman–Crippen LogP) is 6.91. The largest absolute Gasteiger partial charge is 0.493 e. The van der Waals surface area contributed by atoms with E-state index in [4.69, 9.17) is 18.8 Å². The van der Waals surface area contributed by atoms with Crippen LogP contribution in [0.25, 0.3) is 0 Å². The van der Waals surface area contributed by atoms with Crippen molar-refractivity contribution in [1.29, 1.82) is 0 Å². The first kappa shape index (κ1) is 32.1. The van der Waals surface area contributed by atoms with Crippen molar-refractivity contribution in [2.24, 2.45) is 0 Å². The molecule has 4 unspecified atom stereocenters. The topological polar surface area (TPSA) is 82.1 Å². The molecule has 0 amide bonds. The molecule has 1 heterocycles. The van der Waals surface area contributed by atoms with Gasteiger partial charge in [0.25, 0.3) is 0 Å².